The fourth-order valence-corrected chi connectivity index (χ4v) is 10.9. The number of likely N-dealkylation sites (tertiary alicyclic amines) is 2. The second kappa shape index (κ2) is 17.8. The van der Waals surface area contributed by atoms with Crippen molar-refractivity contribution in [3.05, 3.63) is 74.7 Å². The van der Waals surface area contributed by atoms with Crippen molar-refractivity contribution < 1.29 is 47.0 Å². The fourth-order valence-electron chi connectivity index (χ4n) is 10.9. The first-order chi connectivity index (χ1) is 31.3. The Bertz CT molecular complexity index is 2450. The van der Waals surface area contributed by atoms with E-state index in [0.717, 1.165) is 81.7 Å². The number of ether oxygens (including phenoxy) is 3. The lowest BCUT2D eigenvalue weighted by Gasteiger charge is -2.52. The number of alkyl halides is 2. The zero-order valence-corrected chi connectivity index (χ0v) is 37.0. The van der Waals surface area contributed by atoms with Gasteiger partial charge in [-0.2, -0.15) is 8.78 Å². The molecule has 65 heavy (non-hydrogen) atoms. The molecular formula is C47H55F2N7O9. The summed E-state index contributed by atoms with van der Waals surface area (Å²) < 4.78 is 46.9. The molecule has 5 aliphatic heterocycles. The molecule has 346 valence electrons. The number of urea groups is 1. The Morgan fingerprint density at radius 3 is 2.18 bits per heavy atom. The van der Waals surface area contributed by atoms with E-state index in [4.69, 9.17) is 14.2 Å². The molecule has 2 N–H and O–H groups in total. The topological polar surface area (TPSA) is 172 Å². The molecule has 3 aromatic rings. The minimum Gasteiger partial charge on any atom is -0.496 e. The molecule has 1 aromatic heterocycles. The van der Waals surface area contributed by atoms with E-state index in [1.54, 1.807) is 32.4 Å². The van der Waals surface area contributed by atoms with E-state index in [2.05, 4.69) is 20.4 Å². The Morgan fingerprint density at radius 2 is 1.54 bits per heavy atom. The van der Waals surface area contributed by atoms with Gasteiger partial charge in [-0.1, -0.05) is 0 Å². The van der Waals surface area contributed by atoms with Crippen molar-refractivity contribution in [3.8, 4) is 28.4 Å². The molecule has 1 unspecified atom stereocenters. The number of hydrogen-bond donors (Lipinski definition) is 2. The molecule has 1 aliphatic carbocycles. The predicted octanol–water partition coefficient (Wildman–Crippen LogP) is 4.56. The molecule has 0 bridgehead atoms. The van der Waals surface area contributed by atoms with Crippen molar-refractivity contribution in [2.75, 3.05) is 60.5 Å². The molecule has 18 heteroatoms. The molecule has 1 spiro atoms. The lowest BCUT2D eigenvalue weighted by atomic mass is 9.61. The molecule has 9 rings (SSSR count). The van der Waals surface area contributed by atoms with Crippen LogP contribution in [0.1, 0.15) is 95.3 Å². The zero-order valence-electron chi connectivity index (χ0n) is 37.0. The molecule has 1 saturated carbocycles. The molecule has 4 fully saturated rings. The predicted molar refractivity (Wildman–Crippen MR) is 232 cm³/mol. The summed E-state index contributed by atoms with van der Waals surface area (Å²) >= 11 is 0. The summed E-state index contributed by atoms with van der Waals surface area (Å²) in [4.78, 5) is 83.4. The first-order valence-electron chi connectivity index (χ1n) is 22.5. The highest BCUT2D eigenvalue weighted by Crippen LogP contribution is 2.51. The average Bonchev–Trinajstić information content (AvgIpc) is 3.54. The normalized spacial score (nSPS) is 21.6. The summed E-state index contributed by atoms with van der Waals surface area (Å²) in [5.41, 5.74) is 2.61. The number of carbonyl (C=O) groups is 5. The molecule has 3 saturated heterocycles. The van der Waals surface area contributed by atoms with Gasteiger partial charge in [0, 0.05) is 50.4 Å². The van der Waals surface area contributed by atoms with E-state index in [1.807, 2.05) is 12.1 Å². The second-order valence-corrected chi connectivity index (χ2v) is 18.4. The standard InChI is InChI=1S/C47H55F2N7O9/c1-50-46(62)54-15-10-31-34(26-55(45(48)49)42(59)35(31)25-54)28-18-38(63-2)36(39(19-28)64-3)24-52-13-8-27(9-14-52)23-53-16-11-47(12-17-53)21-30(22-47)65-29-4-5-32-33(20-29)44(61)56(43(32)60)37-6-7-40(57)51-41(37)58/h4-5,18-20,26-27,30,37,45H,6-17,21-25H2,1-3H3,(H,50,62)(H,51,57,58). The van der Waals surface area contributed by atoms with Crippen LogP contribution in [0, 0.1) is 11.3 Å². The number of imide groups is 2. The van der Waals surface area contributed by atoms with Crippen molar-refractivity contribution in [1.82, 2.24) is 34.8 Å². The second-order valence-electron chi connectivity index (χ2n) is 18.4. The van der Waals surface area contributed by atoms with Gasteiger partial charge >= 0.3 is 12.6 Å². The van der Waals surface area contributed by atoms with Gasteiger partial charge < -0.3 is 29.3 Å². The van der Waals surface area contributed by atoms with E-state index in [1.165, 1.54) is 18.1 Å². The first-order valence-corrected chi connectivity index (χ1v) is 22.5. The van der Waals surface area contributed by atoms with Crippen LogP contribution >= 0.6 is 0 Å². The van der Waals surface area contributed by atoms with Gasteiger partial charge in [-0.3, -0.25) is 43.7 Å². The van der Waals surface area contributed by atoms with Crippen LogP contribution in [0.25, 0.3) is 11.1 Å². The largest absolute Gasteiger partial charge is 0.496 e. The molecule has 6 aliphatic rings. The number of halogens is 2. The molecule has 0 radical (unpaired) electrons. The van der Waals surface area contributed by atoms with Gasteiger partial charge in [0.1, 0.15) is 23.3 Å². The third-order valence-corrected chi connectivity index (χ3v) is 14.6. The van der Waals surface area contributed by atoms with Gasteiger partial charge in [-0.25, -0.2) is 4.79 Å². The lowest BCUT2D eigenvalue weighted by Crippen LogP contribution is -2.54. The monoisotopic (exact) mass is 899 g/mol. The van der Waals surface area contributed by atoms with E-state index in [9.17, 15) is 37.5 Å². The smallest absolute Gasteiger partial charge is 0.321 e. The van der Waals surface area contributed by atoms with Gasteiger partial charge in [0.05, 0.1) is 43.6 Å². The molecule has 16 nitrogen and oxygen atoms in total. The SMILES string of the molecule is CNC(=O)N1CCc2c(-c3cc(OC)c(CN4CCC(CN5CCC6(CC5)CC(Oc5ccc7c(c5)C(=O)N(C5CCC(=O)NC5=O)C7=O)C6)CC4)c(OC)c3)cn(C(F)F)c(=O)c2C1. The van der Waals surface area contributed by atoms with E-state index in [0.29, 0.717) is 63.9 Å². The van der Waals surface area contributed by atoms with Gasteiger partial charge in [0.15, 0.2) is 0 Å². The summed E-state index contributed by atoms with van der Waals surface area (Å²) in [6.45, 7) is 2.72. The third kappa shape index (κ3) is 8.46. The maximum Gasteiger partial charge on any atom is 0.321 e. The van der Waals surface area contributed by atoms with Crippen LogP contribution in [0.3, 0.4) is 0 Å². The molecule has 1 atom stereocenters. The molecule has 6 heterocycles. The van der Waals surface area contributed by atoms with Crippen molar-refractivity contribution in [2.24, 2.45) is 11.3 Å². The molecular weight excluding hydrogens is 845 g/mol. The zero-order chi connectivity index (χ0) is 45.7. The van der Waals surface area contributed by atoms with Crippen LogP contribution < -0.4 is 30.4 Å². The number of carbonyl (C=O) groups excluding carboxylic acids is 5. The summed E-state index contributed by atoms with van der Waals surface area (Å²) in [6, 6.07) is 7.16. The number of hydrogen-bond acceptors (Lipinski definition) is 11. The van der Waals surface area contributed by atoms with Gasteiger partial charge in [0.2, 0.25) is 11.8 Å². The van der Waals surface area contributed by atoms with Crippen LogP contribution in [0.4, 0.5) is 13.6 Å². The maximum atomic E-state index is 14.2. The highest BCUT2D eigenvalue weighted by Gasteiger charge is 2.48. The number of nitrogens with zero attached hydrogens (tertiary/aromatic N) is 5. The maximum absolute atomic E-state index is 14.2. The number of benzene rings is 2. The number of amides is 6. The number of rotatable bonds is 11. The van der Waals surface area contributed by atoms with Crippen molar-refractivity contribution in [2.45, 2.75) is 89.6 Å². The highest BCUT2D eigenvalue weighted by molar-refractivity contribution is 6.23. The van der Waals surface area contributed by atoms with Crippen LogP contribution in [0.2, 0.25) is 0 Å². The van der Waals surface area contributed by atoms with Crippen molar-refractivity contribution in [3.63, 3.8) is 0 Å². The Kier molecular flexibility index (Phi) is 12.2. The fraction of sp³-hybridized carbons (Fsp3) is 0.532. The number of fused-ring (bicyclic) bond motifs is 2. The number of nitrogens with one attached hydrogen (secondary N) is 2. The molecule has 2 aromatic carbocycles. The van der Waals surface area contributed by atoms with Crippen LogP contribution in [0.15, 0.2) is 41.3 Å². The Hall–Kier alpha value is -5.88. The van der Waals surface area contributed by atoms with E-state index in [-0.39, 0.29) is 53.6 Å². The number of piperidine rings is 3. The van der Waals surface area contributed by atoms with Crippen LogP contribution in [-0.2, 0) is 29.1 Å². The van der Waals surface area contributed by atoms with E-state index < -0.39 is 41.8 Å². The molecule has 6 amide bonds. The first kappa shape index (κ1) is 44.3. The lowest BCUT2D eigenvalue weighted by molar-refractivity contribution is -0.136. The highest BCUT2D eigenvalue weighted by atomic mass is 19.3. The quantitative estimate of drug-likeness (QED) is 0.259. The van der Waals surface area contributed by atoms with Gasteiger partial charge in [0.25, 0.3) is 17.4 Å². The number of pyridine rings is 1. The Labute approximate surface area is 375 Å². The van der Waals surface area contributed by atoms with Crippen LogP contribution in [-0.4, -0.2) is 127 Å². The van der Waals surface area contributed by atoms with E-state index >= 15 is 0 Å². The third-order valence-electron chi connectivity index (χ3n) is 14.6. The minimum absolute atomic E-state index is 0.0201. The Morgan fingerprint density at radius 1 is 0.846 bits per heavy atom. The van der Waals surface area contributed by atoms with Gasteiger partial charge in [-0.15, -0.1) is 0 Å². The minimum atomic E-state index is -3.06. The average molecular weight is 900 g/mol. The van der Waals surface area contributed by atoms with Crippen molar-refractivity contribution >= 4 is 29.7 Å². The summed E-state index contributed by atoms with van der Waals surface area (Å²) in [6.07, 6.45) is 7.89. The summed E-state index contributed by atoms with van der Waals surface area (Å²) in [5, 5.41) is 4.77. The Balaban J connectivity index is 0.766. The summed E-state index contributed by atoms with van der Waals surface area (Å²) in [5.74, 6) is 0.107. The number of methoxy groups -OCH3 is 2. The summed E-state index contributed by atoms with van der Waals surface area (Å²) in [7, 11) is 4.64. The number of aromatic nitrogens is 1. The van der Waals surface area contributed by atoms with Crippen LogP contribution in [0.5, 0.6) is 17.2 Å². The van der Waals surface area contributed by atoms with Gasteiger partial charge in [-0.05, 0) is 130 Å². The van der Waals surface area contributed by atoms with Crippen molar-refractivity contribution in [1.29, 1.82) is 0 Å².